The van der Waals surface area contributed by atoms with Crippen LogP contribution in [0.1, 0.15) is 16.9 Å². The molecule has 1 amide bonds. The number of aromatic nitrogens is 1. The zero-order chi connectivity index (χ0) is 23.7. The van der Waals surface area contributed by atoms with Crippen molar-refractivity contribution >= 4 is 40.4 Å². The molecule has 0 unspecified atom stereocenters. The Morgan fingerprint density at radius 2 is 1.79 bits per heavy atom. The number of oxazole rings is 1. The van der Waals surface area contributed by atoms with Gasteiger partial charge in [-0.2, -0.15) is 0 Å². The van der Waals surface area contributed by atoms with Crippen molar-refractivity contribution in [3.05, 3.63) is 101 Å². The summed E-state index contributed by atoms with van der Waals surface area (Å²) < 4.78 is 11.8. The van der Waals surface area contributed by atoms with E-state index in [-0.39, 0.29) is 5.91 Å². The number of halogens is 1. The van der Waals surface area contributed by atoms with Crippen molar-refractivity contribution in [3.63, 3.8) is 0 Å². The molecule has 3 aromatic carbocycles. The van der Waals surface area contributed by atoms with Crippen LogP contribution < -0.4 is 5.32 Å². The second-order valence-corrected chi connectivity index (χ2v) is 8.44. The van der Waals surface area contributed by atoms with Crippen LogP contribution >= 0.6 is 11.6 Å². The highest BCUT2D eigenvalue weighted by Crippen LogP contribution is 2.33. The van der Waals surface area contributed by atoms with E-state index in [1.54, 1.807) is 24.3 Å². The highest BCUT2D eigenvalue weighted by atomic mass is 35.5. The van der Waals surface area contributed by atoms with Gasteiger partial charge in [-0.3, -0.25) is 4.79 Å². The Labute approximate surface area is 201 Å². The van der Waals surface area contributed by atoms with Crippen molar-refractivity contribution < 1.29 is 13.6 Å². The third-order valence-corrected chi connectivity index (χ3v) is 5.70. The number of nitrogens with one attached hydrogen (secondary N) is 1. The second-order valence-electron chi connectivity index (χ2n) is 8.03. The summed E-state index contributed by atoms with van der Waals surface area (Å²) in [5.74, 6) is 1.44. The highest BCUT2D eigenvalue weighted by Gasteiger charge is 2.15. The van der Waals surface area contributed by atoms with E-state index in [1.165, 1.54) is 6.08 Å². The Kier molecular flexibility index (Phi) is 5.78. The van der Waals surface area contributed by atoms with Gasteiger partial charge >= 0.3 is 0 Å². The number of hydrogen-bond donors (Lipinski definition) is 1. The van der Waals surface area contributed by atoms with E-state index in [0.717, 1.165) is 33.6 Å². The molecule has 0 aliphatic carbocycles. The number of anilines is 1. The molecular weight excluding hydrogens is 448 g/mol. The minimum atomic E-state index is -0.296. The van der Waals surface area contributed by atoms with Crippen LogP contribution in [0.4, 0.5) is 5.69 Å². The van der Waals surface area contributed by atoms with Gasteiger partial charge < -0.3 is 14.2 Å². The average Bonchev–Trinajstić information content (AvgIpc) is 3.47. The summed E-state index contributed by atoms with van der Waals surface area (Å²) in [6.07, 6.45) is 3.05. The Balaban J connectivity index is 1.34. The van der Waals surface area contributed by atoms with Crippen molar-refractivity contribution in [3.8, 4) is 22.8 Å². The lowest BCUT2D eigenvalue weighted by atomic mass is 10.1. The number of fused-ring (bicyclic) bond motifs is 1. The third kappa shape index (κ3) is 4.51. The molecular formula is C28H21ClN2O3. The molecule has 0 radical (unpaired) electrons. The van der Waals surface area contributed by atoms with Gasteiger partial charge in [0.1, 0.15) is 17.0 Å². The number of hydrogen-bond acceptors (Lipinski definition) is 4. The van der Waals surface area contributed by atoms with Crippen LogP contribution in [0.25, 0.3) is 40.0 Å². The lowest BCUT2D eigenvalue weighted by Crippen LogP contribution is -2.07. The summed E-state index contributed by atoms with van der Waals surface area (Å²) in [4.78, 5) is 17.1. The zero-order valence-corrected chi connectivity index (χ0v) is 19.4. The molecule has 0 fully saturated rings. The Bertz CT molecular complexity index is 1530. The van der Waals surface area contributed by atoms with Crippen LogP contribution in [0, 0.1) is 13.8 Å². The van der Waals surface area contributed by atoms with Gasteiger partial charge in [0, 0.05) is 17.3 Å². The molecule has 2 heterocycles. The maximum atomic E-state index is 12.5. The predicted octanol–water partition coefficient (Wildman–Crippen LogP) is 7.68. The van der Waals surface area contributed by atoms with E-state index in [9.17, 15) is 4.79 Å². The van der Waals surface area contributed by atoms with Gasteiger partial charge in [0.2, 0.25) is 11.8 Å². The molecule has 0 aliphatic rings. The molecule has 5 nitrogen and oxygen atoms in total. The quantitative estimate of drug-likeness (QED) is 0.268. The van der Waals surface area contributed by atoms with E-state index in [4.69, 9.17) is 20.4 Å². The summed E-state index contributed by atoms with van der Waals surface area (Å²) in [5.41, 5.74) is 5.77. The maximum absolute atomic E-state index is 12.5. The maximum Gasteiger partial charge on any atom is 0.248 e. The SMILES string of the molecule is Cc1cc(C)c2oc(-c3cc(NC(=O)C=Cc4ccc(-c5ccccc5)o4)ccc3Cl)nc2c1. The first-order valence-corrected chi connectivity index (χ1v) is 11.2. The summed E-state index contributed by atoms with van der Waals surface area (Å²) in [5, 5.41) is 3.33. The summed E-state index contributed by atoms with van der Waals surface area (Å²) in [6, 6.07) is 22.7. The second kappa shape index (κ2) is 9.04. The van der Waals surface area contributed by atoms with Gasteiger partial charge in [-0.15, -0.1) is 0 Å². The van der Waals surface area contributed by atoms with Crippen LogP contribution in [0.15, 0.2) is 87.7 Å². The standard InChI is InChI=1S/C28H21ClN2O3/c1-17-14-18(2)27-24(15-17)31-28(34-27)22-16-20(8-11-23(22)29)30-26(32)13-10-21-9-12-25(33-21)19-6-4-3-5-7-19/h3-16H,1-2H3,(H,30,32). The molecule has 1 N–H and O–H groups in total. The molecule has 0 spiro atoms. The van der Waals surface area contributed by atoms with Gasteiger partial charge in [0.25, 0.3) is 0 Å². The molecule has 34 heavy (non-hydrogen) atoms. The fourth-order valence-corrected chi connectivity index (χ4v) is 4.00. The molecule has 0 atom stereocenters. The molecule has 0 bridgehead atoms. The van der Waals surface area contributed by atoms with E-state index in [2.05, 4.69) is 10.3 Å². The number of nitrogens with zero attached hydrogens (tertiary/aromatic N) is 1. The first-order chi connectivity index (χ1) is 16.5. The lowest BCUT2D eigenvalue weighted by Gasteiger charge is -2.05. The van der Waals surface area contributed by atoms with Crippen LogP contribution in [-0.2, 0) is 4.79 Å². The highest BCUT2D eigenvalue weighted by molar-refractivity contribution is 6.33. The Hall–Kier alpha value is -4.09. The molecule has 0 aliphatic heterocycles. The van der Waals surface area contributed by atoms with Gasteiger partial charge in [-0.1, -0.05) is 48.0 Å². The molecule has 168 valence electrons. The minimum Gasteiger partial charge on any atom is -0.457 e. The van der Waals surface area contributed by atoms with E-state index < -0.39 is 0 Å². The normalized spacial score (nSPS) is 11.4. The fourth-order valence-electron chi connectivity index (χ4n) is 3.80. The van der Waals surface area contributed by atoms with Gasteiger partial charge in [-0.25, -0.2) is 4.98 Å². The third-order valence-electron chi connectivity index (χ3n) is 5.37. The summed E-state index contributed by atoms with van der Waals surface area (Å²) >= 11 is 6.42. The van der Waals surface area contributed by atoms with Crippen molar-refractivity contribution in [2.75, 3.05) is 5.32 Å². The number of carbonyl (C=O) groups excluding carboxylic acids is 1. The zero-order valence-electron chi connectivity index (χ0n) is 18.6. The number of aryl methyl sites for hydroxylation is 2. The van der Waals surface area contributed by atoms with Gasteiger partial charge in [0.15, 0.2) is 5.58 Å². The summed E-state index contributed by atoms with van der Waals surface area (Å²) in [6.45, 7) is 4.00. The van der Waals surface area contributed by atoms with Crippen LogP contribution in [0.5, 0.6) is 0 Å². The number of furan rings is 1. The number of rotatable bonds is 5. The Morgan fingerprint density at radius 1 is 0.971 bits per heavy atom. The van der Waals surface area contributed by atoms with Crippen LogP contribution in [-0.4, -0.2) is 10.9 Å². The largest absolute Gasteiger partial charge is 0.457 e. The molecule has 6 heteroatoms. The van der Waals surface area contributed by atoms with Crippen LogP contribution in [0.2, 0.25) is 5.02 Å². The molecule has 0 saturated carbocycles. The molecule has 0 saturated heterocycles. The minimum absolute atomic E-state index is 0.296. The van der Waals surface area contributed by atoms with Crippen LogP contribution in [0.3, 0.4) is 0 Å². The molecule has 2 aromatic heterocycles. The van der Waals surface area contributed by atoms with E-state index in [1.807, 2.05) is 68.4 Å². The van der Waals surface area contributed by atoms with Crippen molar-refractivity contribution in [1.82, 2.24) is 4.98 Å². The van der Waals surface area contributed by atoms with Gasteiger partial charge in [0.05, 0.1) is 10.6 Å². The lowest BCUT2D eigenvalue weighted by molar-refractivity contribution is -0.111. The van der Waals surface area contributed by atoms with Crippen molar-refractivity contribution in [2.45, 2.75) is 13.8 Å². The number of amides is 1. The summed E-state index contributed by atoms with van der Waals surface area (Å²) in [7, 11) is 0. The van der Waals surface area contributed by atoms with Crippen molar-refractivity contribution in [1.29, 1.82) is 0 Å². The van der Waals surface area contributed by atoms with E-state index >= 15 is 0 Å². The first kappa shape index (κ1) is 21.7. The monoisotopic (exact) mass is 468 g/mol. The Morgan fingerprint density at radius 3 is 2.62 bits per heavy atom. The fraction of sp³-hybridized carbons (Fsp3) is 0.0714. The molecule has 5 aromatic rings. The van der Waals surface area contributed by atoms with Crippen molar-refractivity contribution in [2.24, 2.45) is 0 Å². The molecule has 5 rings (SSSR count). The predicted molar refractivity (Wildman–Crippen MR) is 136 cm³/mol. The smallest absolute Gasteiger partial charge is 0.248 e. The number of carbonyl (C=O) groups is 1. The number of benzene rings is 3. The topological polar surface area (TPSA) is 68.3 Å². The van der Waals surface area contributed by atoms with E-state index in [0.29, 0.717) is 27.9 Å². The average molecular weight is 469 g/mol. The first-order valence-electron chi connectivity index (χ1n) is 10.8. The van der Waals surface area contributed by atoms with Gasteiger partial charge in [-0.05, 0) is 67.4 Å².